The molecule has 26 heavy (non-hydrogen) atoms. The molecule has 4 aliphatic rings. The van der Waals surface area contributed by atoms with Gasteiger partial charge in [-0.25, -0.2) is 4.98 Å². The van der Waals surface area contributed by atoms with E-state index in [-0.39, 0.29) is 5.91 Å². The van der Waals surface area contributed by atoms with Crippen LogP contribution in [0.5, 0.6) is 0 Å². The maximum Gasteiger partial charge on any atom is 0.257 e. The van der Waals surface area contributed by atoms with Gasteiger partial charge in [-0.1, -0.05) is 17.7 Å². The van der Waals surface area contributed by atoms with Crippen LogP contribution in [0.15, 0.2) is 24.3 Å². The molecule has 1 amide bonds. The Hall–Kier alpha value is -1.68. The second kappa shape index (κ2) is 5.91. The number of amides is 1. The zero-order chi connectivity index (χ0) is 17.9. The van der Waals surface area contributed by atoms with E-state index in [0.717, 1.165) is 28.4 Å². The van der Waals surface area contributed by atoms with Gasteiger partial charge in [0.2, 0.25) is 0 Å². The van der Waals surface area contributed by atoms with Crippen molar-refractivity contribution >= 4 is 22.4 Å². The largest absolute Gasteiger partial charge is 0.298 e. The summed E-state index contributed by atoms with van der Waals surface area (Å²) in [5, 5.41) is 3.80. The van der Waals surface area contributed by atoms with Gasteiger partial charge >= 0.3 is 0 Å². The number of hydrogen-bond acceptors (Lipinski definition) is 3. The summed E-state index contributed by atoms with van der Waals surface area (Å²) in [6, 6.07) is 7.71. The number of carbonyl (C=O) groups excluding carboxylic acids is 1. The lowest BCUT2D eigenvalue weighted by molar-refractivity contribution is -0.00715. The van der Waals surface area contributed by atoms with E-state index in [4.69, 9.17) is 4.98 Å². The highest BCUT2D eigenvalue weighted by molar-refractivity contribution is 7.15. The third-order valence-corrected chi connectivity index (χ3v) is 7.76. The minimum Gasteiger partial charge on any atom is -0.298 e. The molecule has 0 radical (unpaired) electrons. The molecular weight excluding hydrogens is 340 g/mol. The third kappa shape index (κ3) is 2.70. The molecule has 0 aliphatic heterocycles. The number of aromatic nitrogens is 1. The highest BCUT2D eigenvalue weighted by Crippen LogP contribution is 2.61. The summed E-state index contributed by atoms with van der Waals surface area (Å²) in [7, 11) is 0. The van der Waals surface area contributed by atoms with E-state index in [1.54, 1.807) is 11.3 Å². The number of rotatable bonds is 3. The Morgan fingerprint density at radius 2 is 1.62 bits per heavy atom. The van der Waals surface area contributed by atoms with Gasteiger partial charge in [-0.15, -0.1) is 11.3 Å². The summed E-state index contributed by atoms with van der Waals surface area (Å²) in [5.41, 5.74) is 3.44. The lowest BCUT2D eigenvalue weighted by Gasteiger charge is -2.56. The maximum absolute atomic E-state index is 12.5. The number of anilines is 1. The summed E-state index contributed by atoms with van der Waals surface area (Å²) < 4.78 is 0. The van der Waals surface area contributed by atoms with Crippen molar-refractivity contribution in [1.82, 2.24) is 4.98 Å². The highest BCUT2D eigenvalue weighted by atomic mass is 32.1. The molecule has 136 valence electrons. The van der Waals surface area contributed by atoms with Gasteiger partial charge in [0, 0.05) is 15.9 Å². The minimum absolute atomic E-state index is 0.0594. The van der Waals surface area contributed by atoms with Crippen molar-refractivity contribution in [2.24, 2.45) is 17.8 Å². The van der Waals surface area contributed by atoms with E-state index in [0.29, 0.717) is 11.0 Å². The Morgan fingerprint density at radius 3 is 2.19 bits per heavy atom. The monoisotopic (exact) mass is 366 g/mol. The normalized spacial score (nSPS) is 32.0. The van der Waals surface area contributed by atoms with E-state index in [2.05, 4.69) is 12.2 Å². The fourth-order valence-electron chi connectivity index (χ4n) is 6.22. The molecule has 1 aromatic heterocycles. The van der Waals surface area contributed by atoms with Crippen molar-refractivity contribution in [3.63, 3.8) is 0 Å². The molecule has 0 spiro atoms. The molecule has 0 saturated heterocycles. The number of thiazole rings is 1. The molecule has 3 nitrogen and oxygen atoms in total. The quantitative estimate of drug-likeness (QED) is 0.781. The average molecular weight is 367 g/mol. The summed E-state index contributed by atoms with van der Waals surface area (Å²) >= 11 is 1.65. The maximum atomic E-state index is 12.5. The van der Waals surface area contributed by atoms with E-state index < -0.39 is 0 Å². The molecule has 4 aliphatic carbocycles. The molecule has 1 heterocycles. The SMILES string of the molecule is Cc1ccc(C(=O)Nc2nc(C34CC5CC(CC(C5)C3)C4)c(C)s2)cc1. The fourth-order valence-corrected chi connectivity index (χ4v) is 7.15. The number of benzene rings is 1. The summed E-state index contributed by atoms with van der Waals surface area (Å²) in [6.45, 7) is 4.22. The molecule has 4 saturated carbocycles. The number of hydrogen-bond donors (Lipinski definition) is 1. The number of nitrogens with zero attached hydrogens (tertiary/aromatic N) is 1. The zero-order valence-electron chi connectivity index (χ0n) is 15.5. The zero-order valence-corrected chi connectivity index (χ0v) is 16.4. The molecule has 6 rings (SSSR count). The van der Waals surface area contributed by atoms with Gasteiger partial charge in [0.15, 0.2) is 5.13 Å². The number of nitrogens with one attached hydrogen (secondary N) is 1. The smallest absolute Gasteiger partial charge is 0.257 e. The van der Waals surface area contributed by atoms with Gasteiger partial charge in [-0.2, -0.15) is 0 Å². The molecule has 0 unspecified atom stereocenters. The van der Waals surface area contributed by atoms with Crippen LogP contribution in [0.1, 0.15) is 65.0 Å². The first-order chi connectivity index (χ1) is 12.5. The first-order valence-electron chi connectivity index (χ1n) is 9.87. The Kier molecular flexibility index (Phi) is 3.75. The van der Waals surface area contributed by atoms with E-state index in [9.17, 15) is 4.79 Å². The number of aryl methyl sites for hydroxylation is 2. The Balaban J connectivity index is 1.40. The predicted molar refractivity (Wildman–Crippen MR) is 106 cm³/mol. The first kappa shape index (κ1) is 16.5. The van der Waals surface area contributed by atoms with Crippen LogP contribution in [0.2, 0.25) is 0 Å². The molecule has 4 bridgehead atoms. The number of carbonyl (C=O) groups is 1. The van der Waals surface area contributed by atoms with Crippen LogP contribution in [0.3, 0.4) is 0 Å². The van der Waals surface area contributed by atoms with Crippen molar-refractivity contribution in [2.45, 2.75) is 57.8 Å². The van der Waals surface area contributed by atoms with Crippen LogP contribution in [-0.2, 0) is 5.41 Å². The third-order valence-electron chi connectivity index (χ3n) is 6.87. The minimum atomic E-state index is -0.0594. The van der Waals surface area contributed by atoms with Gasteiger partial charge in [-0.3, -0.25) is 10.1 Å². The second-order valence-electron chi connectivity index (χ2n) is 8.94. The van der Waals surface area contributed by atoms with E-state index >= 15 is 0 Å². The van der Waals surface area contributed by atoms with Gasteiger partial charge in [-0.05, 0) is 82.3 Å². The van der Waals surface area contributed by atoms with Crippen LogP contribution < -0.4 is 5.32 Å². The van der Waals surface area contributed by atoms with Crippen molar-refractivity contribution in [3.05, 3.63) is 46.0 Å². The van der Waals surface area contributed by atoms with Crippen molar-refractivity contribution in [3.8, 4) is 0 Å². The van der Waals surface area contributed by atoms with Crippen LogP contribution in [0, 0.1) is 31.6 Å². The van der Waals surface area contributed by atoms with Gasteiger partial charge in [0.05, 0.1) is 5.69 Å². The highest BCUT2D eigenvalue weighted by Gasteiger charge is 2.53. The summed E-state index contributed by atoms with van der Waals surface area (Å²) in [4.78, 5) is 18.8. The topological polar surface area (TPSA) is 42.0 Å². The van der Waals surface area contributed by atoms with Gasteiger partial charge < -0.3 is 0 Å². The Labute approximate surface area is 159 Å². The predicted octanol–water partition coefficient (Wildman–Crippen LogP) is 5.48. The van der Waals surface area contributed by atoms with E-state index in [1.807, 2.05) is 31.2 Å². The molecule has 0 atom stereocenters. The lowest BCUT2D eigenvalue weighted by atomic mass is 9.48. The fraction of sp³-hybridized carbons (Fsp3) is 0.545. The van der Waals surface area contributed by atoms with Crippen LogP contribution in [0.4, 0.5) is 5.13 Å². The standard InChI is InChI=1S/C22H26N2OS/c1-13-3-5-18(6-4-13)20(25)24-21-23-19(14(2)26-21)22-10-15-7-16(11-22)9-17(8-15)12-22/h3-6,15-17H,7-12H2,1-2H3,(H,23,24,25). The Morgan fingerprint density at radius 1 is 1.04 bits per heavy atom. The molecule has 4 fully saturated rings. The molecule has 1 N–H and O–H groups in total. The summed E-state index contributed by atoms with van der Waals surface area (Å²) in [6.07, 6.45) is 8.27. The van der Waals surface area contributed by atoms with Gasteiger partial charge in [0.25, 0.3) is 5.91 Å². The molecule has 4 heteroatoms. The van der Waals surface area contributed by atoms with Crippen molar-refractivity contribution in [1.29, 1.82) is 0 Å². The van der Waals surface area contributed by atoms with E-state index in [1.165, 1.54) is 49.1 Å². The van der Waals surface area contributed by atoms with Gasteiger partial charge in [0.1, 0.15) is 0 Å². The average Bonchev–Trinajstić information content (AvgIpc) is 2.95. The van der Waals surface area contributed by atoms with Crippen LogP contribution in [0.25, 0.3) is 0 Å². The van der Waals surface area contributed by atoms with Crippen LogP contribution in [-0.4, -0.2) is 10.9 Å². The molecule has 1 aromatic carbocycles. The van der Waals surface area contributed by atoms with Crippen molar-refractivity contribution in [2.75, 3.05) is 5.32 Å². The van der Waals surface area contributed by atoms with Crippen molar-refractivity contribution < 1.29 is 4.79 Å². The molecule has 2 aromatic rings. The second-order valence-corrected chi connectivity index (χ2v) is 10.1. The Bertz CT molecular complexity index is 816. The molecular formula is C22H26N2OS. The summed E-state index contributed by atoms with van der Waals surface area (Å²) in [5.74, 6) is 2.67. The van der Waals surface area contributed by atoms with Crippen LogP contribution >= 0.6 is 11.3 Å². The first-order valence-corrected chi connectivity index (χ1v) is 10.7. The lowest BCUT2D eigenvalue weighted by Crippen LogP contribution is -2.49.